The molecular formula is C24H42Ca3N2O8. The molecule has 0 saturated heterocycles. The summed E-state index contributed by atoms with van der Waals surface area (Å²) < 4.78 is 0. The average Bonchev–Trinajstić information content (AvgIpc) is 2.80. The predicted molar refractivity (Wildman–Crippen MR) is 133 cm³/mol. The molecule has 3 rings (SSSR count). The Morgan fingerprint density at radius 3 is 1.11 bits per heavy atom. The van der Waals surface area contributed by atoms with E-state index in [0.717, 1.165) is 70.6 Å². The van der Waals surface area contributed by atoms with Gasteiger partial charge >= 0.3 is 113 Å². The predicted octanol–water partition coefficient (Wildman–Crippen LogP) is -4.18. The van der Waals surface area contributed by atoms with Crippen molar-refractivity contribution in [2.24, 2.45) is 35.1 Å². The fourth-order valence-electron chi connectivity index (χ4n) is 5.52. The Labute approximate surface area is 311 Å². The fourth-order valence-corrected chi connectivity index (χ4v) is 5.52. The number of carboxylic acids is 2. The first-order valence-electron chi connectivity index (χ1n) is 12.5. The largest absolute Gasteiger partial charge is 2.00 e. The molecule has 0 aromatic heterocycles. The summed E-state index contributed by atoms with van der Waals surface area (Å²) in [5.41, 5.74) is 9.02. The van der Waals surface area contributed by atoms with Crippen molar-refractivity contribution >= 4 is 125 Å². The minimum absolute atomic E-state index is 0. The van der Waals surface area contributed by atoms with Gasteiger partial charge in [0, 0.05) is 13.1 Å². The third-order valence-electron chi connectivity index (χ3n) is 7.30. The molecule has 13 heteroatoms. The van der Waals surface area contributed by atoms with Crippen LogP contribution in [0.5, 0.6) is 0 Å². The molecule has 202 valence electrons. The van der Waals surface area contributed by atoms with Crippen LogP contribution in [0.2, 0.25) is 0 Å². The number of hydrogen-bond donors (Lipinski definition) is 2. The number of carbonyl (C=O) groups excluding carboxylic acids is 2. The number of rotatable bonds is 6. The van der Waals surface area contributed by atoms with Crippen LogP contribution in [0.4, 0.5) is 0 Å². The summed E-state index contributed by atoms with van der Waals surface area (Å²) in [7, 11) is 0. The van der Waals surface area contributed by atoms with Gasteiger partial charge in [-0.05, 0) is 12.8 Å². The van der Waals surface area contributed by atoms with E-state index in [1.165, 1.54) is 12.8 Å². The van der Waals surface area contributed by atoms with Crippen molar-refractivity contribution in [2.45, 2.75) is 102 Å². The van der Waals surface area contributed by atoms with E-state index in [2.05, 4.69) is 11.5 Å². The maximum absolute atomic E-state index is 13.0. The Morgan fingerprint density at radius 2 is 0.838 bits per heavy atom. The van der Waals surface area contributed by atoms with Crippen molar-refractivity contribution < 1.29 is 40.6 Å². The van der Waals surface area contributed by atoms with Gasteiger partial charge in [0.05, 0.1) is 11.9 Å². The van der Waals surface area contributed by atoms with Crippen LogP contribution in [0.15, 0.2) is 0 Å². The summed E-state index contributed by atoms with van der Waals surface area (Å²) in [5, 5.41) is 55.5. The van der Waals surface area contributed by atoms with E-state index in [4.69, 9.17) is 19.8 Å². The zero-order valence-electron chi connectivity index (χ0n) is 22.2. The molecule has 3 fully saturated rings. The number of hydrogen-bond acceptors (Lipinski definition) is 10. The van der Waals surface area contributed by atoms with E-state index in [9.17, 15) is 15.3 Å². The van der Waals surface area contributed by atoms with Crippen LogP contribution in [0.3, 0.4) is 0 Å². The fraction of sp³-hybridized carbons (Fsp3) is 0.917. The van der Waals surface area contributed by atoms with Gasteiger partial charge in [-0.2, -0.15) is 0 Å². The molecule has 0 bridgehead atoms. The number of nitrogens with two attached hydrogens (primary N) is 2. The Balaban J connectivity index is -0.000000336. The molecule has 0 heterocycles. The van der Waals surface area contributed by atoms with E-state index >= 15 is 0 Å². The van der Waals surface area contributed by atoms with Crippen molar-refractivity contribution in [3.8, 4) is 0 Å². The van der Waals surface area contributed by atoms with Gasteiger partial charge in [0.25, 0.3) is 0 Å². The first-order chi connectivity index (χ1) is 15.7. The van der Waals surface area contributed by atoms with E-state index in [0.29, 0.717) is 0 Å². The number of carbonyl (C=O) groups is 2. The van der Waals surface area contributed by atoms with Crippen LogP contribution in [-0.4, -0.2) is 162 Å². The second-order valence-corrected chi connectivity index (χ2v) is 9.71. The molecule has 0 radical (unpaired) electrons. The monoisotopic (exact) mass is 606 g/mol. The number of aliphatic carboxylic acids is 2. The van der Waals surface area contributed by atoms with E-state index in [-0.39, 0.29) is 155 Å². The molecule has 37 heavy (non-hydrogen) atoms. The summed E-state index contributed by atoms with van der Waals surface area (Å²) in [6.45, 7) is -0.778. The molecular weight excluding hydrogens is 565 g/mol. The molecule has 3 aliphatic carbocycles. The Hall–Kier alpha value is 2.48. The van der Waals surface area contributed by atoms with Crippen molar-refractivity contribution in [3.63, 3.8) is 0 Å². The normalized spacial score (nSPS) is 30.5. The zero-order chi connectivity index (χ0) is 24.8. The second kappa shape index (κ2) is 27.3. The molecule has 6 atom stereocenters. The molecule has 3 aliphatic rings. The minimum atomic E-state index is -1.22. The van der Waals surface area contributed by atoms with Gasteiger partial charge in [0.1, 0.15) is 0 Å². The van der Waals surface area contributed by atoms with Crippen LogP contribution < -0.4 is 37.0 Å². The van der Waals surface area contributed by atoms with Gasteiger partial charge < -0.3 is 52.1 Å². The van der Waals surface area contributed by atoms with E-state index in [1.54, 1.807) is 0 Å². The Kier molecular flexibility index (Phi) is 34.3. The summed E-state index contributed by atoms with van der Waals surface area (Å²) in [6.07, 6.45) is 11.7. The van der Waals surface area contributed by atoms with Crippen LogP contribution in [0, 0.1) is 23.7 Å². The summed E-state index contributed by atoms with van der Waals surface area (Å²) in [5.74, 6) is -1.56. The van der Waals surface area contributed by atoms with Crippen molar-refractivity contribution in [1.29, 1.82) is 0 Å². The maximum atomic E-state index is 13.0. The van der Waals surface area contributed by atoms with E-state index in [1.807, 2.05) is 0 Å². The standard InChI is InChI=1S/C20H33O3.2C2H5NO2.3Ca.H2O/c21-18-10-3-1-6-14(18)12-16-8-5-9-17(20(16)23)13-15-7-2-4-11-19(15)22;2*3-1-2(4)5;;;;/h14-20H,1-13H2;2*1,3H2,(H,4,5);;;;1H2/q-3;;;3*+2;/p-3. The zero-order valence-corrected chi connectivity index (χ0v) is 28.9. The Morgan fingerprint density at radius 1 is 0.568 bits per heavy atom. The third kappa shape index (κ3) is 20.1. The van der Waals surface area contributed by atoms with Crippen LogP contribution >= 0.6 is 0 Å². The van der Waals surface area contributed by atoms with Gasteiger partial charge in [0.15, 0.2) is 0 Å². The first-order valence-corrected chi connectivity index (χ1v) is 12.5. The minimum Gasteiger partial charge on any atom is -0.870 e. The SMILES string of the molecule is NCC(=O)[O-].NCC(=O)[O-].[Ca+2].[Ca+2].[Ca+2].[O-]C1CCCCC1CC1CCCC(CC2CCCCC2[O-])C1[O-].[OH-]. The molecule has 3 saturated carbocycles. The summed E-state index contributed by atoms with van der Waals surface area (Å²) in [4.78, 5) is 18.3. The molecule has 6 unspecified atom stereocenters. The Bertz CT molecular complexity index is 534. The topological polar surface area (TPSA) is 231 Å². The second-order valence-electron chi connectivity index (χ2n) is 9.71. The van der Waals surface area contributed by atoms with Gasteiger partial charge in [-0.15, -0.1) is 18.3 Å². The molecule has 5 N–H and O–H groups in total. The van der Waals surface area contributed by atoms with Crippen molar-refractivity contribution in [1.82, 2.24) is 0 Å². The molecule has 0 spiro atoms. The van der Waals surface area contributed by atoms with Crippen LogP contribution in [0.25, 0.3) is 0 Å². The maximum Gasteiger partial charge on any atom is 2.00 e. The molecule has 0 aromatic carbocycles. The van der Waals surface area contributed by atoms with Gasteiger partial charge in [-0.3, -0.25) is 0 Å². The molecule has 0 amide bonds. The third-order valence-corrected chi connectivity index (χ3v) is 7.30. The van der Waals surface area contributed by atoms with Gasteiger partial charge in [-0.25, -0.2) is 0 Å². The van der Waals surface area contributed by atoms with Gasteiger partial charge in [-0.1, -0.05) is 94.3 Å². The first kappa shape index (κ1) is 46.4. The quantitative estimate of drug-likeness (QED) is 0.277. The summed E-state index contributed by atoms with van der Waals surface area (Å²) in [6, 6.07) is 0. The molecule has 0 aromatic rings. The van der Waals surface area contributed by atoms with Gasteiger partial charge in [0.2, 0.25) is 0 Å². The molecule has 10 nitrogen and oxygen atoms in total. The number of carboxylic acid groups (broad SMARTS) is 2. The van der Waals surface area contributed by atoms with E-state index < -0.39 is 30.3 Å². The van der Waals surface area contributed by atoms with Crippen molar-refractivity contribution in [2.75, 3.05) is 13.1 Å². The smallest absolute Gasteiger partial charge is 0.870 e. The summed E-state index contributed by atoms with van der Waals surface area (Å²) >= 11 is 0. The molecule has 0 aliphatic heterocycles. The van der Waals surface area contributed by atoms with Crippen LogP contribution in [0.1, 0.15) is 83.5 Å². The van der Waals surface area contributed by atoms with Crippen LogP contribution in [-0.2, 0) is 9.59 Å². The van der Waals surface area contributed by atoms with Crippen molar-refractivity contribution in [3.05, 3.63) is 0 Å². The average molecular weight is 607 g/mol.